The van der Waals surface area contributed by atoms with Crippen molar-refractivity contribution in [3.05, 3.63) is 29.3 Å². The largest absolute Gasteiger partial charge is 0.478 e. The van der Waals surface area contributed by atoms with Crippen molar-refractivity contribution in [2.45, 2.75) is 24.6 Å². The van der Waals surface area contributed by atoms with Crippen LogP contribution in [0, 0.1) is 0 Å². The number of carbonyl (C=O) groups is 4. The third kappa shape index (κ3) is 4.56. The standard InChI is InChI=1S/C15H16N2O6S/c1-7(18)24-11-5-12(16-6-11)13(19)17-10-3-8(14(20)21)2-9(4-10)15(22)23/h2-4,11-12,16H,5-6H2,1H3,(H,17,19)(H,20,21)(H,22,23)/t11-,12-/m0/s1. The van der Waals surface area contributed by atoms with Gasteiger partial charge in [-0.1, -0.05) is 11.8 Å². The molecule has 2 atom stereocenters. The second-order valence-corrected chi connectivity index (χ2v) is 6.80. The van der Waals surface area contributed by atoms with Crippen LogP contribution >= 0.6 is 11.8 Å². The topological polar surface area (TPSA) is 133 Å². The number of carbonyl (C=O) groups excluding carboxylic acids is 2. The predicted molar refractivity (Wildman–Crippen MR) is 87.5 cm³/mol. The van der Waals surface area contributed by atoms with E-state index in [1.54, 1.807) is 0 Å². The molecule has 0 spiro atoms. The lowest BCUT2D eigenvalue weighted by molar-refractivity contribution is -0.117. The average molecular weight is 352 g/mol. The van der Waals surface area contributed by atoms with Gasteiger partial charge in [0.05, 0.1) is 17.2 Å². The minimum absolute atomic E-state index is 0.00168. The summed E-state index contributed by atoms with van der Waals surface area (Å²) >= 11 is 1.17. The van der Waals surface area contributed by atoms with Crippen molar-refractivity contribution in [1.82, 2.24) is 5.32 Å². The van der Waals surface area contributed by atoms with E-state index in [9.17, 15) is 19.2 Å². The molecule has 0 radical (unpaired) electrons. The summed E-state index contributed by atoms with van der Waals surface area (Å²) in [5, 5.41) is 23.5. The Balaban J connectivity index is 2.10. The molecule has 8 nitrogen and oxygen atoms in total. The molecular formula is C15H16N2O6S. The van der Waals surface area contributed by atoms with Crippen LogP contribution in [0.4, 0.5) is 5.69 Å². The third-order valence-electron chi connectivity index (χ3n) is 3.43. The number of benzene rings is 1. The lowest BCUT2D eigenvalue weighted by atomic mass is 10.1. The van der Waals surface area contributed by atoms with Gasteiger partial charge in [-0.2, -0.15) is 0 Å². The Morgan fingerprint density at radius 1 is 1.12 bits per heavy atom. The first-order valence-electron chi connectivity index (χ1n) is 7.09. The highest BCUT2D eigenvalue weighted by Gasteiger charge is 2.30. The minimum Gasteiger partial charge on any atom is -0.478 e. The van der Waals surface area contributed by atoms with Crippen molar-refractivity contribution in [3.63, 3.8) is 0 Å². The van der Waals surface area contributed by atoms with Crippen LogP contribution in [0.2, 0.25) is 0 Å². The maximum Gasteiger partial charge on any atom is 0.335 e. The van der Waals surface area contributed by atoms with E-state index in [2.05, 4.69) is 10.6 Å². The molecule has 0 unspecified atom stereocenters. The van der Waals surface area contributed by atoms with E-state index in [1.165, 1.54) is 30.8 Å². The summed E-state index contributed by atoms with van der Waals surface area (Å²) in [4.78, 5) is 45.5. The first kappa shape index (κ1) is 18.0. The molecule has 1 aromatic carbocycles. The van der Waals surface area contributed by atoms with Crippen LogP contribution in [0.3, 0.4) is 0 Å². The number of aromatic carboxylic acids is 2. The Hall–Kier alpha value is -2.39. The molecule has 1 aliphatic heterocycles. The van der Waals surface area contributed by atoms with Crippen molar-refractivity contribution in [2.75, 3.05) is 11.9 Å². The molecule has 4 N–H and O–H groups in total. The zero-order chi connectivity index (χ0) is 17.9. The van der Waals surface area contributed by atoms with Crippen molar-refractivity contribution in [2.24, 2.45) is 0 Å². The summed E-state index contributed by atoms with van der Waals surface area (Å²) in [6, 6.07) is 2.89. The van der Waals surface area contributed by atoms with Gasteiger partial charge in [0.25, 0.3) is 0 Å². The molecule has 2 rings (SSSR count). The molecule has 0 aliphatic carbocycles. The molecule has 1 heterocycles. The number of rotatable bonds is 5. The van der Waals surface area contributed by atoms with Gasteiger partial charge in [-0.05, 0) is 24.6 Å². The summed E-state index contributed by atoms with van der Waals surface area (Å²) in [5.41, 5.74) is -0.356. The zero-order valence-corrected chi connectivity index (χ0v) is 13.6. The van der Waals surface area contributed by atoms with E-state index in [0.29, 0.717) is 13.0 Å². The molecule has 1 aliphatic rings. The minimum atomic E-state index is -1.29. The molecule has 1 fully saturated rings. The van der Waals surface area contributed by atoms with Gasteiger partial charge in [-0.15, -0.1) is 0 Å². The highest BCUT2D eigenvalue weighted by atomic mass is 32.2. The predicted octanol–water partition coefficient (Wildman–Crippen LogP) is 1.03. The van der Waals surface area contributed by atoms with Crippen molar-refractivity contribution < 1.29 is 29.4 Å². The molecule has 9 heteroatoms. The van der Waals surface area contributed by atoms with E-state index in [4.69, 9.17) is 10.2 Å². The molecular weight excluding hydrogens is 336 g/mol. The number of hydrogen-bond acceptors (Lipinski definition) is 6. The normalized spacial score (nSPS) is 19.7. The zero-order valence-electron chi connectivity index (χ0n) is 12.7. The number of carboxylic acids is 2. The van der Waals surface area contributed by atoms with E-state index < -0.39 is 23.9 Å². The Bertz CT molecular complexity index is 673. The van der Waals surface area contributed by atoms with E-state index in [0.717, 1.165) is 6.07 Å². The fourth-order valence-corrected chi connectivity index (χ4v) is 3.34. The third-order valence-corrected chi connectivity index (χ3v) is 4.46. The summed E-state index contributed by atoms with van der Waals surface area (Å²) in [5.74, 6) is -2.98. The lowest BCUT2D eigenvalue weighted by Crippen LogP contribution is -2.35. The molecule has 24 heavy (non-hydrogen) atoms. The van der Waals surface area contributed by atoms with Crippen molar-refractivity contribution in [1.29, 1.82) is 0 Å². The Morgan fingerprint density at radius 2 is 1.71 bits per heavy atom. The van der Waals surface area contributed by atoms with Gasteiger partial charge in [0.1, 0.15) is 0 Å². The Labute approximate surface area is 141 Å². The van der Waals surface area contributed by atoms with Crippen LogP contribution in [0.25, 0.3) is 0 Å². The number of nitrogens with one attached hydrogen (secondary N) is 2. The van der Waals surface area contributed by atoms with Gasteiger partial charge >= 0.3 is 11.9 Å². The van der Waals surface area contributed by atoms with E-state index >= 15 is 0 Å². The summed E-state index contributed by atoms with van der Waals surface area (Å²) in [6.07, 6.45) is 0.459. The molecule has 0 aromatic heterocycles. The molecule has 0 bridgehead atoms. The Morgan fingerprint density at radius 3 is 2.21 bits per heavy atom. The van der Waals surface area contributed by atoms with Gasteiger partial charge in [0.2, 0.25) is 5.91 Å². The van der Waals surface area contributed by atoms with Crippen LogP contribution in [0.15, 0.2) is 18.2 Å². The molecule has 1 amide bonds. The molecule has 1 aromatic rings. The van der Waals surface area contributed by atoms with Crippen LogP contribution in [0.1, 0.15) is 34.1 Å². The number of thioether (sulfide) groups is 1. The Kier molecular flexibility index (Phi) is 5.58. The second kappa shape index (κ2) is 7.45. The number of carboxylic acid groups (broad SMARTS) is 2. The quantitative estimate of drug-likeness (QED) is 0.618. The smallest absolute Gasteiger partial charge is 0.335 e. The van der Waals surface area contributed by atoms with Crippen LogP contribution in [0.5, 0.6) is 0 Å². The fourth-order valence-electron chi connectivity index (χ4n) is 2.40. The van der Waals surface area contributed by atoms with E-state index in [-0.39, 0.29) is 27.2 Å². The maximum absolute atomic E-state index is 12.2. The summed E-state index contributed by atoms with van der Waals surface area (Å²) in [6.45, 7) is 1.97. The summed E-state index contributed by atoms with van der Waals surface area (Å²) < 4.78 is 0. The van der Waals surface area contributed by atoms with Crippen LogP contribution in [-0.4, -0.2) is 51.0 Å². The first-order valence-corrected chi connectivity index (χ1v) is 7.97. The number of amides is 1. The van der Waals surface area contributed by atoms with Crippen molar-refractivity contribution in [3.8, 4) is 0 Å². The number of hydrogen-bond donors (Lipinski definition) is 4. The molecule has 128 valence electrons. The highest BCUT2D eigenvalue weighted by molar-refractivity contribution is 8.14. The second-order valence-electron chi connectivity index (χ2n) is 5.33. The van der Waals surface area contributed by atoms with Crippen molar-refractivity contribution >= 4 is 40.4 Å². The fraction of sp³-hybridized carbons (Fsp3) is 0.333. The first-order chi connectivity index (χ1) is 11.3. The van der Waals surface area contributed by atoms with E-state index in [1.807, 2.05) is 0 Å². The highest BCUT2D eigenvalue weighted by Crippen LogP contribution is 2.23. The van der Waals surface area contributed by atoms with Gasteiger partial charge < -0.3 is 20.8 Å². The average Bonchev–Trinajstić information content (AvgIpc) is 2.94. The molecule has 0 saturated carbocycles. The SMILES string of the molecule is CC(=O)S[C@@H]1CN[C@H](C(=O)Nc2cc(C(=O)O)cc(C(=O)O)c2)C1. The van der Waals surface area contributed by atoms with Crippen LogP contribution in [-0.2, 0) is 9.59 Å². The van der Waals surface area contributed by atoms with Gasteiger partial charge in [-0.25, -0.2) is 9.59 Å². The maximum atomic E-state index is 12.2. The monoisotopic (exact) mass is 352 g/mol. The van der Waals surface area contributed by atoms with Gasteiger partial charge in [0.15, 0.2) is 5.12 Å². The lowest BCUT2D eigenvalue weighted by Gasteiger charge is -2.12. The van der Waals surface area contributed by atoms with Crippen LogP contribution < -0.4 is 10.6 Å². The van der Waals surface area contributed by atoms with Gasteiger partial charge in [0, 0.05) is 24.4 Å². The number of anilines is 1. The summed E-state index contributed by atoms with van der Waals surface area (Å²) in [7, 11) is 0. The molecule has 1 saturated heterocycles. The van der Waals surface area contributed by atoms with Gasteiger partial charge in [-0.3, -0.25) is 9.59 Å².